The van der Waals surface area contributed by atoms with Crippen LogP contribution in [0.25, 0.3) is 0 Å². The summed E-state index contributed by atoms with van der Waals surface area (Å²) >= 11 is 9.12. The Bertz CT molecular complexity index is 561. The first-order valence-electron chi connectivity index (χ1n) is 5.94. The molecule has 19 heavy (non-hydrogen) atoms. The number of hydrogen-bond donors (Lipinski definition) is 1. The van der Waals surface area contributed by atoms with Gasteiger partial charge >= 0.3 is 0 Å². The zero-order valence-corrected chi connectivity index (χ0v) is 14.3. The average Bonchev–Trinajstić information content (AvgIpc) is 2.30. The molecule has 0 bridgehead atoms. The van der Waals surface area contributed by atoms with Crippen molar-refractivity contribution < 1.29 is 8.42 Å². The molecule has 0 radical (unpaired) electrons. The van der Waals surface area contributed by atoms with Crippen molar-refractivity contribution in [2.45, 2.75) is 25.7 Å². The van der Waals surface area contributed by atoms with Crippen molar-refractivity contribution in [1.29, 1.82) is 0 Å². The number of hydrogen-bond acceptors (Lipinski definition) is 3. The van der Waals surface area contributed by atoms with Gasteiger partial charge in [0.2, 0.25) is 10.0 Å². The summed E-state index contributed by atoms with van der Waals surface area (Å²) in [5.41, 5.74) is 6.06. The SMILES string of the molecule is CCN(CC(C)C)S(=O)(=O)c1cc(Cl)cc(N)c1Br. The predicted molar refractivity (Wildman–Crippen MR) is 82.8 cm³/mol. The lowest BCUT2D eigenvalue weighted by molar-refractivity contribution is 0.380. The molecule has 0 amide bonds. The molecular weight excluding hydrogens is 352 g/mol. The summed E-state index contributed by atoms with van der Waals surface area (Å²) < 4.78 is 27.0. The van der Waals surface area contributed by atoms with Gasteiger partial charge < -0.3 is 5.73 Å². The van der Waals surface area contributed by atoms with E-state index in [1.165, 1.54) is 16.4 Å². The van der Waals surface area contributed by atoms with Crippen molar-refractivity contribution >= 4 is 43.2 Å². The molecule has 0 aliphatic heterocycles. The van der Waals surface area contributed by atoms with Crippen LogP contribution in [-0.4, -0.2) is 25.8 Å². The molecule has 0 atom stereocenters. The van der Waals surface area contributed by atoms with Crippen molar-refractivity contribution in [3.63, 3.8) is 0 Å². The Morgan fingerprint density at radius 3 is 2.47 bits per heavy atom. The first-order chi connectivity index (χ1) is 8.70. The van der Waals surface area contributed by atoms with Gasteiger partial charge in [0.25, 0.3) is 0 Å². The lowest BCUT2D eigenvalue weighted by Gasteiger charge is -2.23. The molecule has 1 aromatic carbocycles. The molecule has 0 fully saturated rings. The Morgan fingerprint density at radius 1 is 1.42 bits per heavy atom. The number of rotatable bonds is 5. The van der Waals surface area contributed by atoms with Crippen LogP contribution in [0.3, 0.4) is 0 Å². The Balaban J connectivity index is 3.33. The van der Waals surface area contributed by atoms with Crippen LogP contribution in [0.5, 0.6) is 0 Å². The standard InChI is InChI=1S/C12H18BrClN2O2S/c1-4-16(7-8(2)3)19(17,18)11-6-9(14)5-10(15)12(11)13/h5-6,8H,4,7,15H2,1-3H3. The van der Waals surface area contributed by atoms with E-state index in [2.05, 4.69) is 15.9 Å². The van der Waals surface area contributed by atoms with Crippen LogP contribution in [0.2, 0.25) is 5.02 Å². The summed E-state index contributed by atoms with van der Waals surface area (Å²) in [6.45, 7) is 6.61. The van der Waals surface area contributed by atoms with Gasteiger partial charge in [-0.2, -0.15) is 4.31 Å². The number of benzene rings is 1. The predicted octanol–water partition coefficient (Wildman–Crippen LogP) is 3.35. The average molecular weight is 370 g/mol. The van der Waals surface area contributed by atoms with E-state index in [0.717, 1.165) is 0 Å². The topological polar surface area (TPSA) is 63.4 Å². The van der Waals surface area contributed by atoms with Crippen molar-refractivity contribution in [2.24, 2.45) is 5.92 Å². The molecular formula is C12H18BrClN2O2S. The van der Waals surface area contributed by atoms with E-state index in [-0.39, 0.29) is 10.8 Å². The third-order valence-corrected chi connectivity index (χ3v) is 5.90. The summed E-state index contributed by atoms with van der Waals surface area (Å²) in [6, 6.07) is 2.93. The highest BCUT2D eigenvalue weighted by atomic mass is 79.9. The highest BCUT2D eigenvalue weighted by Crippen LogP contribution is 2.33. The lowest BCUT2D eigenvalue weighted by atomic mass is 10.2. The van der Waals surface area contributed by atoms with Crippen LogP contribution in [0.1, 0.15) is 20.8 Å². The van der Waals surface area contributed by atoms with Crippen molar-refractivity contribution in [2.75, 3.05) is 18.8 Å². The monoisotopic (exact) mass is 368 g/mol. The fourth-order valence-electron chi connectivity index (χ4n) is 1.72. The van der Waals surface area contributed by atoms with Crippen LogP contribution >= 0.6 is 27.5 Å². The third kappa shape index (κ3) is 3.84. The molecule has 1 aromatic rings. The molecule has 0 aromatic heterocycles. The maximum Gasteiger partial charge on any atom is 0.244 e. The Hall–Kier alpha value is -0.300. The zero-order chi connectivity index (χ0) is 14.8. The van der Waals surface area contributed by atoms with Gasteiger partial charge in [0, 0.05) is 23.8 Å². The summed E-state index contributed by atoms with van der Waals surface area (Å²) in [5, 5.41) is 0.305. The Labute approximate surface area is 128 Å². The van der Waals surface area contributed by atoms with E-state index in [9.17, 15) is 8.42 Å². The highest BCUT2D eigenvalue weighted by Gasteiger charge is 2.27. The third-order valence-electron chi connectivity index (χ3n) is 2.57. The number of nitrogens with two attached hydrogens (primary N) is 1. The lowest BCUT2D eigenvalue weighted by Crippen LogP contribution is -2.34. The van der Waals surface area contributed by atoms with Crippen LogP contribution in [0.4, 0.5) is 5.69 Å². The largest absolute Gasteiger partial charge is 0.398 e. The Morgan fingerprint density at radius 2 is 2.00 bits per heavy atom. The number of nitrogens with zero attached hydrogens (tertiary/aromatic N) is 1. The maximum atomic E-state index is 12.6. The molecule has 0 spiro atoms. The van der Waals surface area contributed by atoms with Gasteiger partial charge in [0.15, 0.2) is 0 Å². The van der Waals surface area contributed by atoms with E-state index in [1.807, 2.05) is 20.8 Å². The summed E-state index contributed by atoms with van der Waals surface area (Å²) in [7, 11) is -3.60. The molecule has 1 rings (SSSR count). The second kappa shape index (κ2) is 6.43. The van der Waals surface area contributed by atoms with E-state index in [4.69, 9.17) is 17.3 Å². The first-order valence-corrected chi connectivity index (χ1v) is 8.55. The van der Waals surface area contributed by atoms with Gasteiger partial charge in [-0.05, 0) is 34.0 Å². The van der Waals surface area contributed by atoms with Crippen molar-refractivity contribution in [1.82, 2.24) is 4.31 Å². The van der Waals surface area contributed by atoms with Gasteiger partial charge in [-0.15, -0.1) is 0 Å². The molecule has 0 saturated carbocycles. The van der Waals surface area contributed by atoms with Gasteiger partial charge in [-0.3, -0.25) is 0 Å². The zero-order valence-electron chi connectivity index (χ0n) is 11.2. The molecule has 0 heterocycles. The van der Waals surface area contributed by atoms with Gasteiger partial charge in [-0.1, -0.05) is 32.4 Å². The maximum absolute atomic E-state index is 12.6. The molecule has 7 heteroatoms. The van der Waals surface area contributed by atoms with Crippen LogP contribution < -0.4 is 5.73 Å². The molecule has 4 nitrogen and oxygen atoms in total. The second-order valence-corrected chi connectivity index (χ2v) is 7.79. The van der Waals surface area contributed by atoms with Crippen LogP contribution in [-0.2, 0) is 10.0 Å². The fourth-order valence-corrected chi connectivity index (χ4v) is 4.58. The molecule has 108 valence electrons. The second-order valence-electron chi connectivity index (χ2n) is 4.66. The van der Waals surface area contributed by atoms with Crippen LogP contribution in [0.15, 0.2) is 21.5 Å². The summed E-state index contributed by atoms with van der Waals surface area (Å²) in [5.74, 6) is 0.241. The van der Waals surface area contributed by atoms with E-state index < -0.39 is 10.0 Å². The van der Waals surface area contributed by atoms with Gasteiger partial charge in [0.05, 0.1) is 9.37 Å². The van der Waals surface area contributed by atoms with Crippen molar-refractivity contribution in [3.8, 4) is 0 Å². The summed E-state index contributed by atoms with van der Waals surface area (Å²) in [6.07, 6.45) is 0. The summed E-state index contributed by atoms with van der Waals surface area (Å²) in [4.78, 5) is 0.111. The quantitative estimate of drug-likeness (QED) is 0.810. The molecule has 0 aliphatic carbocycles. The van der Waals surface area contributed by atoms with E-state index in [0.29, 0.717) is 28.3 Å². The van der Waals surface area contributed by atoms with E-state index >= 15 is 0 Å². The molecule has 2 N–H and O–H groups in total. The number of sulfonamides is 1. The van der Waals surface area contributed by atoms with E-state index in [1.54, 1.807) is 0 Å². The van der Waals surface area contributed by atoms with Crippen LogP contribution in [0, 0.1) is 5.92 Å². The normalized spacial score (nSPS) is 12.4. The molecule has 0 saturated heterocycles. The Kier molecular flexibility index (Phi) is 5.67. The van der Waals surface area contributed by atoms with Crippen molar-refractivity contribution in [3.05, 3.63) is 21.6 Å². The minimum atomic E-state index is -3.60. The van der Waals surface area contributed by atoms with Gasteiger partial charge in [0.1, 0.15) is 0 Å². The first kappa shape index (κ1) is 16.8. The smallest absolute Gasteiger partial charge is 0.244 e. The van der Waals surface area contributed by atoms with Gasteiger partial charge in [-0.25, -0.2) is 8.42 Å². The molecule has 0 unspecified atom stereocenters. The number of nitrogen functional groups attached to an aromatic ring is 1. The number of anilines is 1. The highest BCUT2D eigenvalue weighted by molar-refractivity contribution is 9.10. The molecule has 0 aliphatic rings. The number of halogens is 2. The minimum absolute atomic E-state index is 0.111. The fraction of sp³-hybridized carbons (Fsp3) is 0.500. The minimum Gasteiger partial charge on any atom is -0.398 e.